The van der Waals surface area contributed by atoms with Crippen molar-refractivity contribution in [1.29, 1.82) is 0 Å². The zero-order valence-electron chi connectivity index (χ0n) is 25.0. The molecule has 4 nitrogen and oxygen atoms in total. The normalized spacial score (nSPS) is 11.0. The summed E-state index contributed by atoms with van der Waals surface area (Å²) in [6.07, 6.45) is 3.36. The molecule has 0 aliphatic rings. The van der Waals surface area contributed by atoms with E-state index in [4.69, 9.17) is 9.97 Å². The van der Waals surface area contributed by atoms with Crippen LogP contribution < -0.4 is 0 Å². The third kappa shape index (κ3) is 5.44. The van der Waals surface area contributed by atoms with E-state index < -0.39 is 0 Å². The average Bonchev–Trinajstić information content (AvgIpc) is 3.15. The van der Waals surface area contributed by atoms with Crippen molar-refractivity contribution in [3.8, 4) is 67.4 Å². The van der Waals surface area contributed by atoms with E-state index in [2.05, 4.69) is 125 Å². The highest BCUT2D eigenvalue weighted by Gasteiger charge is 2.15. The van der Waals surface area contributed by atoms with Crippen LogP contribution in [0.15, 0.2) is 170 Å². The predicted molar refractivity (Wildman–Crippen MR) is 188 cm³/mol. The number of fused-ring (bicyclic) bond motifs is 1. The van der Waals surface area contributed by atoms with Gasteiger partial charge in [0.1, 0.15) is 6.33 Å². The molecule has 0 amide bonds. The van der Waals surface area contributed by atoms with E-state index in [-0.39, 0.29) is 0 Å². The van der Waals surface area contributed by atoms with Gasteiger partial charge in [-0.2, -0.15) is 0 Å². The van der Waals surface area contributed by atoms with E-state index >= 15 is 0 Å². The Kier molecular flexibility index (Phi) is 7.14. The van der Waals surface area contributed by atoms with Crippen molar-refractivity contribution in [2.45, 2.75) is 0 Å². The predicted octanol–water partition coefficient (Wildman–Crippen LogP) is 10.4. The topological polar surface area (TPSA) is 51.6 Å². The van der Waals surface area contributed by atoms with Gasteiger partial charge in [0, 0.05) is 28.5 Å². The summed E-state index contributed by atoms with van der Waals surface area (Å²) in [5.41, 5.74) is 11.1. The first-order valence-electron chi connectivity index (χ1n) is 15.3. The highest BCUT2D eigenvalue weighted by molar-refractivity contribution is 5.98. The van der Waals surface area contributed by atoms with E-state index in [0.29, 0.717) is 5.82 Å². The minimum Gasteiger partial charge on any atom is -0.245 e. The Morgan fingerprint density at radius 2 is 0.957 bits per heavy atom. The molecule has 2 aromatic heterocycles. The lowest BCUT2D eigenvalue weighted by Crippen LogP contribution is -1.97. The molecule has 6 aromatic carbocycles. The number of benzene rings is 6. The fourth-order valence-electron chi connectivity index (χ4n) is 5.97. The number of rotatable bonds is 6. The second-order valence-electron chi connectivity index (χ2n) is 11.2. The third-order valence-electron chi connectivity index (χ3n) is 8.23. The molecule has 2 heterocycles. The summed E-state index contributed by atoms with van der Waals surface area (Å²) < 4.78 is 0. The highest BCUT2D eigenvalue weighted by atomic mass is 14.9. The van der Waals surface area contributed by atoms with Crippen LogP contribution in [0.2, 0.25) is 0 Å². The molecule has 0 N–H and O–H groups in total. The van der Waals surface area contributed by atoms with Crippen molar-refractivity contribution in [3.05, 3.63) is 170 Å². The van der Waals surface area contributed by atoms with Crippen LogP contribution in [0.3, 0.4) is 0 Å². The molecule has 0 aliphatic heterocycles. The van der Waals surface area contributed by atoms with Gasteiger partial charge in [-0.25, -0.2) is 19.9 Å². The van der Waals surface area contributed by atoms with Crippen LogP contribution in [-0.2, 0) is 0 Å². The SMILES string of the molecule is c1ccc(-c2cc(-c3ccccc3)nc(-c3cc(-c4cccc(-c5ccncn5)c4)cc(-c4cccc5ccccc45)c3)n2)cc1. The minimum absolute atomic E-state index is 0.676. The van der Waals surface area contributed by atoms with Crippen molar-refractivity contribution in [3.63, 3.8) is 0 Å². The summed E-state index contributed by atoms with van der Waals surface area (Å²) in [5.74, 6) is 0.676. The van der Waals surface area contributed by atoms with Gasteiger partial charge in [-0.05, 0) is 69.4 Å². The molecule has 0 bridgehead atoms. The summed E-state index contributed by atoms with van der Waals surface area (Å²) in [6, 6.07) is 54.8. The van der Waals surface area contributed by atoms with Gasteiger partial charge in [0.15, 0.2) is 5.82 Å². The molecule has 216 valence electrons. The second-order valence-corrected chi connectivity index (χ2v) is 11.2. The van der Waals surface area contributed by atoms with Gasteiger partial charge in [-0.1, -0.05) is 121 Å². The van der Waals surface area contributed by atoms with Crippen LogP contribution in [0.4, 0.5) is 0 Å². The fourth-order valence-corrected chi connectivity index (χ4v) is 5.97. The Labute approximate surface area is 267 Å². The number of hydrogen-bond acceptors (Lipinski definition) is 4. The Morgan fingerprint density at radius 1 is 0.370 bits per heavy atom. The first-order valence-corrected chi connectivity index (χ1v) is 15.3. The molecule has 8 aromatic rings. The smallest absolute Gasteiger partial charge is 0.160 e. The maximum atomic E-state index is 5.17. The Balaban J connectivity index is 1.37. The molecule has 0 radical (unpaired) electrons. The standard InChI is InChI=1S/C42H28N4/c1-3-12-30(13-4-1)40-27-41(31-14-5-2-6-15-31)46-42(45-40)36-25-34(32-17-9-18-33(23-32)39-21-22-43-28-44-39)24-35(26-36)38-20-10-16-29-11-7-8-19-37(29)38/h1-28H. The monoisotopic (exact) mass is 588 g/mol. The van der Waals surface area contributed by atoms with E-state index in [9.17, 15) is 0 Å². The van der Waals surface area contributed by atoms with Crippen molar-refractivity contribution < 1.29 is 0 Å². The molecular weight excluding hydrogens is 560 g/mol. The number of nitrogens with zero attached hydrogens (tertiary/aromatic N) is 4. The number of aromatic nitrogens is 4. The quantitative estimate of drug-likeness (QED) is 0.194. The first kappa shape index (κ1) is 27.3. The molecule has 0 saturated carbocycles. The summed E-state index contributed by atoms with van der Waals surface area (Å²) >= 11 is 0. The third-order valence-corrected chi connectivity index (χ3v) is 8.23. The van der Waals surface area contributed by atoms with E-state index in [1.54, 1.807) is 12.5 Å². The summed E-state index contributed by atoms with van der Waals surface area (Å²) in [7, 11) is 0. The van der Waals surface area contributed by atoms with Crippen LogP contribution in [0.25, 0.3) is 78.2 Å². The summed E-state index contributed by atoms with van der Waals surface area (Å²) in [5, 5.41) is 2.40. The molecule has 0 fully saturated rings. The van der Waals surface area contributed by atoms with Crippen molar-refractivity contribution in [2.24, 2.45) is 0 Å². The van der Waals surface area contributed by atoms with Crippen molar-refractivity contribution in [2.75, 3.05) is 0 Å². The largest absolute Gasteiger partial charge is 0.245 e. The van der Waals surface area contributed by atoms with Gasteiger partial charge < -0.3 is 0 Å². The Morgan fingerprint density at radius 3 is 1.70 bits per heavy atom. The van der Waals surface area contributed by atoms with Crippen molar-refractivity contribution in [1.82, 2.24) is 19.9 Å². The van der Waals surface area contributed by atoms with Crippen LogP contribution in [0.1, 0.15) is 0 Å². The molecule has 0 unspecified atom stereocenters. The van der Waals surface area contributed by atoms with Gasteiger partial charge in [0.05, 0.1) is 17.1 Å². The second kappa shape index (κ2) is 12.0. The van der Waals surface area contributed by atoms with Crippen molar-refractivity contribution >= 4 is 10.8 Å². The lowest BCUT2D eigenvalue weighted by molar-refractivity contribution is 1.17. The fraction of sp³-hybridized carbons (Fsp3) is 0. The Bertz CT molecular complexity index is 2240. The average molecular weight is 589 g/mol. The lowest BCUT2D eigenvalue weighted by atomic mass is 9.92. The summed E-state index contributed by atoms with van der Waals surface area (Å²) in [6.45, 7) is 0. The zero-order chi connectivity index (χ0) is 30.7. The zero-order valence-corrected chi connectivity index (χ0v) is 25.0. The van der Waals surface area contributed by atoms with E-state index in [0.717, 1.165) is 61.6 Å². The maximum Gasteiger partial charge on any atom is 0.160 e. The van der Waals surface area contributed by atoms with Gasteiger partial charge in [-0.15, -0.1) is 0 Å². The molecule has 0 spiro atoms. The minimum atomic E-state index is 0.676. The van der Waals surface area contributed by atoms with Crippen LogP contribution >= 0.6 is 0 Å². The van der Waals surface area contributed by atoms with Gasteiger partial charge >= 0.3 is 0 Å². The molecule has 0 aliphatic carbocycles. The Hall–Kier alpha value is -6.26. The van der Waals surface area contributed by atoms with Gasteiger partial charge in [-0.3, -0.25) is 0 Å². The molecule has 46 heavy (non-hydrogen) atoms. The van der Waals surface area contributed by atoms with Gasteiger partial charge in [0.2, 0.25) is 0 Å². The first-order chi connectivity index (χ1) is 22.8. The molecule has 0 saturated heterocycles. The molecule has 8 rings (SSSR count). The summed E-state index contributed by atoms with van der Waals surface area (Å²) in [4.78, 5) is 18.9. The van der Waals surface area contributed by atoms with Crippen LogP contribution in [-0.4, -0.2) is 19.9 Å². The van der Waals surface area contributed by atoms with Crippen LogP contribution in [0, 0.1) is 0 Å². The number of hydrogen-bond donors (Lipinski definition) is 0. The lowest BCUT2D eigenvalue weighted by Gasteiger charge is -2.14. The maximum absolute atomic E-state index is 5.17. The highest BCUT2D eigenvalue weighted by Crippen LogP contribution is 2.37. The van der Waals surface area contributed by atoms with E-state index in [1.165, 1.54) is 10.8 Å². The molecule has 4 heteroatoms. The van der Waals surface area contributed by atoms with Gasteiger partial charge in [0.25, 0.3) is 0 Å². The molecule has 0 atom stereocenters. The molecular formula is C42H28N4. The van der Waals surface area contributed by atoms with E-state index in [1.807, 2.05) is 42.5 Å². The van der Waals surface area contributed by atoms with Crippen LogP contribution in [0.5, 0.6) is 0 Å².